The number of nitrogens with two attached hydrogens (primary N) is 1. The fourth-order valence-electron chi connectivity index (χ4n) is 2.68. The first-order valence-electron chi connectivity index (χ1n) is 8.37. The monoisotopic (exact) mass is 473 g/mol. The van der Waals surface area contributed by atoms with Gasteiger partial charge < -0.3 is 19.9 Å². The summed E-state index contributed by atoms with van der Waals surface area (Å²) in [6, 6.07) is 13.1. The number of fused-ring (bicyclic) bond motifs is 1. The van der Waals surface area contributed by atoms with Crippen molar-refractivity contribution >= 4 is 39.2 Å². The lowest BCUT2D eigenvalue weighted by atomic mass is 10.1. The van der Waals surface area contributed by atoms with Crippen LogP contribution >= 0.6 is 22.6 Å². The molecular weight excluding hydrogens is 457 g/mol. The van der Waals surface area contributed by atoms with Crippen LogP contribution in [0.15, 0.2) is 42.6 Å². The van der Waals surface area contributed by atoms with Crippen molar-refractivity contribution in [2.24, 2.45) is 0 Å². The van der Waals surface area contributed by atoms with Crippen LogP contribution in [0.1, 0.15) is 11.1 Å². The Hall–Kier alpha value is -2.57. The molecule has 2 aromatic carbocycles. The number of anilines is 1. The maximum atomic E-state index is 9.50. The molecule has 0 unspecified atom stereocenters. The maximum absolute atomic E-state index is 9.50. The van der Waals surface area contributed by atoms with Gasteiger partial charge in [-0.25, -0.2) is 0 Å². The second kappa shape index (κ2) is 7.58. The molecule has 0 amide bonds. The molecule has 7 heteroatoms. The minimum atomic E-state index is 0.118. The number of pyridine rings is 1. The quantitative estimate of drug-likeness (QED) is 0.250. The summed E-state index contributed by atoms with van der Waals surface area (Å²) in [6.45, 7) is 1.13. The summed E-state index contributed by atoms with van der Waals surface area (Å²) < 4.78 is 17.7. The zero-order chi connectivity index (χ0) is 18.8. The number of halogens is 1. The van der Waals surface area contributed by atoms with E-state index in [2.05, 4.69) is 33.6 Å². The molecule has 2 heterocycles. The minimum absolute atomic E-state index is 0.118. The van der Waals surface area contributed by atoms with Gasteiger partial charge in [0.2, 0.25) is 0 Å². The molecule has 0 spiro atoms. The largest absolute Gasteiger partial charge is 0.489 e. The Morgan fingerprint density at radius 2 is 2.11 bits per heavy atom. The van der Waals surface area contributed by atoms with Crippen LogP contribution in [0, 0.1) is 11.3 Å². The van der Waals surface area contributed by atoms with Crippen LogP contribution in [0.25, 0.3) is 10.9 Å². The Morgan fingerprint density at radius 3 is 2.85 bits per heavy atom. The predicted octanol–water partition coefficient (Wildman–Crippen LogP) is 4.19. The molecule has 0 bridgehead atoms. The summed E-state index contributed by atoms with van der Waals surface area (Å²) in [5, 5.41) is 10.2. The van der Waals surface area contributed by atoms with E-state index < -0.39 is 0 Å². The number of nitrogen functional groups attached to an aromatic ring is 1. The van der Waals surface area contributed by atoms with Gasteiger partial charge in [0.05, 0.1) is 17.7 Å². The van der Waals surface area contributed by atoms with Crippen molar-refractivity contribution in [1.29, 1.82) is 5.26 Å². The number of aromatic nitrogens is 1. The number of nitrogens with zero attached hydrogens (tertiary/aromatic N) is 2. The molecule has 2 N–H and O–H groups in total. The topological polar surface area (TPSA) is 93.7 Å². The predicted molar refractivity (Wildman–Crippen MR) is 110 cm³/mol. The molecule has 1 saturated heterocycles. The first-order chi connectivity index (χ1) is 13.2. The van der Waals surface area contributed by atoms with Gasteiger partial charge in [-0.05, 0) is 35.9 Å². The molecule has 0 aliphatic carbocycles. The van der Waals surface area contributed by atoms with Crippen LogP contribution in [0.4, 0.5) is 5.69 Å². The standard InChI is InChI=1S/C20H16IN3O3/c21-8-12-5-14(1-2-17(12)23)27-19-3-4-24-18-7-20(26-11-15-10-25-15)13(9-22)6-16(18)19/h1-7,15H,8,10-11,23H2/t15-/m1/s1. The molecule has 1 atom stereocenters. The number of hydrogen-bond acceptors (Lipinski definition) is 6. The van der Waals surface area contributed by atoms with Crippen molar-refractivity contribution in [3.8, 4) is 23.3 Å². The highest BCUT2D eigenvalue weighted by molar-refractivity contribution is 14.1. The van der Waals surface area contributed by atoms with E-state index in [9.17, 15) is 5.26 Å². The summed E-state index contributed by atoms with van der Waals surface area (Å²) in [4.78, 5) is 4.39. The van der Waals surface area contributed by atoms with Gasteiger partial charge >= 0.3 is 0 Å². The van der Waals surface area contributed by atoms with E-state index in [1.54, 1.807) is 24.4 Å². The molecule has 6 nitrogen and oxygen atoms in total. The zero-order valence-corrected chi connectivity index (χ0v) is 16.5. The van der Waals surface area contributed by atoms with Crippen LogP contribution in [-0.2, 0) is 9.16 Å². The number of ether oxygens (including phenoxy) is 3. The van der Waals surface area contributed by atoms with Crippen molar-refractivity contribution in [3.05, 3.63) is 53.7 Å². The fourth-order valence-corrected chi connectivity index (χ4v) is 3.34. The zero-order valence-electron chi connectivity index (χ0n) is 14.3. The SMILES string of the molecule is N#Cc1cc2c(Oc3ccc(N)c(CI)c3)ccnc2cc1OC[C@H]1CO1. The Labute approximate surface area is 170 Å². The second-order valence-electron chi connectivity index (χ2n) is 6.15. The van der Waals surface area contributed by atoms with E-state index in [1.807, 2.05) is 18.2 Å². The van der Waals surface area contributed by atoms with Crippen LogP contribution < -0.4 is 15.2 Å². The fraction of sp³-hybridized carbons (Fsp3) is 0.200. The Morgan fingerprint density at radius 1 is 1.26 bits per heavy atom. The van der Waals surface area contributed by atoms with Crippen molar-refractivity contribution in [1.82, 2.24) is 4.98 Å². The highest BCUT2D eigenvalue weighted by Gasteiger charge is 2.24. The molecule has 1 aliphatic rings. The number of benzene rings is 2. The van der Waals surface area contributed by atoms with Crippen molar-refractivity contribution < 1.29 is 14.2 Å². The Balaban J connectivity index is 1.69. The van der Waals surface area contributed by atoms with Gasteiger partial charge in [-0.2, -0.15) is 5.26 Å². The average Bonchev–Trinajstić information content (AvgIpc) is 3.52. The van der Waals surface area contributed by atoms with E-state index in [-0.39, 0.29) is 6.10 Å². The molecule has 0 radical (unpaired) electrons. The second-order valence-corrected chi connectivity index (χ2v) is 6.91. The van der Waals surface area contributed by atoms with Gasteiger partial charge in [0, 0.05) is 27.8 Å². The molecule has 3 aromatic rings. The number of rotatable bonds is 6. The van der Waals surface area contributed by atoms with Gasteiger partial charge in [0.15, 0.2) is 0 Å². The van der Waals surface area contributed by atoms with Gasteiger partial charge in [0.1, 0.15) is 36.0 Å². The Kier molecular flexibility index (Phi) is 5.01. The third-order valence-corrected chi connectivity index (χ3v) is 5.06. The Bertz CT molecular complexity index is 1040. The molecule has 1 aromatic heterocycles. The third-order valence-electron chi connectivity index (χ3n) is 4.24. The van der Waals surface area contributed by atoms with Gasteiger partial charge in [-0.1, -0.05) is 22.6 Å². The first kappa shape index (κ1) is 17.8. The lowest BCUT2D eigenvalue weighted by Crippen LogP contribution is -2.05. The molecule has 1 fully saturated rings. The molecule has 1 aliphatic heterocycles. The lowest BCUT2D eigenvalue weighted by molar-refractivity contribution is 0.262. The van der Waals surface area contributed by atoms with Gasteiger partial charge in [-0.15, -0.1) is 0 Å². The molecular formula is C20H16IN3O3. The smallest absolute Gasteiger partial charge is 0.139 e. The maximum Gasteiger partial charge on any atom is 0.139 e. The summed E-state index contributed by atoms with van der Waals surface area (Å²) in [6.07, 6.45) is 1.79. The van der Waals surface area contributed by atoms with Crippen LogP contribution in [0.2, 0.25) is 0 Å². The van der Waals surface area contributed by atoms with E-state index in [4.69, 9.17) is 19.9 Å². The average molecular weight is 473 g/mol. The number of alkyl halides is 1. The summed E-state index contributed by atoms with van der Waals surface area (Å²) in [5.74, 6) is 1.82. The van der Waals surface area contributed by atoms with Crippen molar-refractivity contribution in [3.63, 3.8) is 0 Å². The van der Waals surface area contributed by atoms with Crippen molar-refractivity contribution in [2.45, 2.75) is 10.5 Å². The van der Waals surface area contributed by atoms with Crippen LogP contribution in [-0.4, -0.2) is 24.3 Å². The normalized spacial score (nSPS) is 15.3. The minimum Gasteiger partial charge on any atom is -0.489 e. The van der Waals surface area contributed by atoms with E-state index in [0.717, 1.165) is 21.1 Å². The number of nitriles is 1. The summed E-state index contributed by atoms with van der Waals surface area (Å²) in [7, 11) is 0. The lowest BCUT2D eigenvalue weighted by Gasteiger charge is -2.12. The van der Waals surface area contributed by atoms with Crippen molar-refractivity contribution in [2.75, 3.05) is 18.9 Å². The van der Waals surface area contributed by atoms with E-state index in [1.165, 1.54) is 0 Å². The number of epoxide rings is 1. The summed E-state index contributed by atoms with van der Waals surface area (Å²) in [5.41, 5.74) is 8.85. The van der Waals surface area contributed by atoms with E-state index in [0.29, 0.717) is 41.5 Å². The number of hydrogen-bond donors (Lipinski definition) is 1. The third kappa shape index (κ3) is 3.91. The van der Waals surface area contributed by atoms with Gasteiger partial charge in [-0.3, -0.25) is 4.98 Å². The van der Waals surface area contributed by atoms with Crippen LogP contribution in [0.5, 0.6) is 17.2 Å². The first-order valence-corrected chi connectivity index (χ1v) is 9.90. The van der Waals surface area contributed by atoms with Gasteiger partial charge in [0.25, 0.3) is 0 Å². The molecule has 4 rings (SSSR count). The highest BCUT2D eigenvalue weighted by Crippen LogP contribution is 2.34. The van der Waals surface area contributed by atoms with Crippen LogP contribution in [0.3, 0.4) is 0 Å². The summed E-state index contributed by atoms with van der Waals surface area (Å²) >= 11 is 2.27. The molecule has 0 saturated carbocycles. The highest BCUT2D eigenvalue weighted by atomic mass is 127. The molecule has 136 valence electrons. The molecule has 27 heavy (non-hydrogen) atoms. The van der Waals surface area contributed by atoms with E-state index >= 15 is 0 Å².